The number of hydrogen-bond donors (Lipinski definition) is 2. The van der Waals surface area contributed by atoms with Crippen LogP contribution in [-0.2, 0) is 24.7 Å². The number of benzene rings is 2. The SMILES string of the molecule is Cc1ccc(-c2cn(C)c(=O)c(Nc3ccc(C4C(=O)N(C)CCN4C)cc3)n2)c(Cl)c1NC(=O)Oc1cc2c(s1)CCCC2. The number of amides is 2. The van der Waals surface area contributed by atoms with Crippen molar-refractivity contribution >= 4 is 52.1 Å². The molecular formula is C33H35ClN6O4S. The Bertz CT molecular complexity index is 1810. The van der Waals surface area contributed by atoms with Gasteiger partial charge in [0.25, 0.3) is 5.56 Å². The van der Waals surface area contributed by atoms with Crippen LogP contribution in [0.15, 0.2) is 53.5 Å². The highest BCUT2D eigenvalue weighted by Gasteiger charge is 2.32. The summed E-state index contributed by atoms with van der Waals surface area (Å²) >= 11 is 8.37. The van der Waals surface area contributed by atoms with Crippen molar-refractivity contribution in [1.29, 1.82) is 0 Å². The van der Waals surface area contributed by atoms with E-state index in [2.05, 4.69) is 15.6 Å². The summed E-state index contributed by atoms with van der Waals surface area (Å²) in [4.78, 5) is 48.4. The Morgan fingerprint density at radius 2 is 1.80 bits per heavy atom. The van der Waals surface area contributed by atoms with Crippen LogP contribution in [0.5, 0.6) is 5.06 Å². The summed E-state index contributed by atoms with van der Waals surface area (Å²) in [6.45, 7) is 3.33. The molecule has 1 saturated heterocycles. The highest BCUT2D eigenvalue weighted by Crippen LogP contribution is 2.37. The lowest BCUT2D eigenvalue weighted by Gasteiger charge is -2.37. The van der Waals surface area contributed by atoms with E-state index >= 15 is 0 Å². The van der Waals surface area contributed by atoms with E-state index in [1.54, 1.807) is 18.1 Å². The fourth-order valence-electron chi connectivity index (χ4n) is 5.80. The van der Waals surface area contributed by atoms with E-state index in [0.717, 1.165) is 43.4 Å². The van der Waals surface area contributed by atoms with Gasteiger partial charge in [-0.3, -0.25) is 19.8 Å². The zero-order valence-corrected chi connectivity index (χ0v) is 27.2. The molecule has 10 nitrogen and oxygen atoms in total. The molecule has 3 heterocycles. The van der Waals surface area contributed by atoms with Crippen LogP contribution in [0.2, 0.25) is 5.02 Å². The van der Waals surface area contributed by atoms with Gasteiger partial charge in [0.2, 0.25) is 5.91 Å². The Kier molecular flexibility index (Phi) is 8.67. The van der Waals surface area contributed by atoms with Crippen LogP contribution >= 0.6 is 22.9 Å². The average molecular weight is 647 g/mol. The average Bonchev–Trinajstić information content (AvgIpc) is 3.42. The third-order valence-corrected chi connectivity index (χ3v) is 9.93. The fourth-order valence-corrected chi connectivity index (χ4v) is 7.26. The molecule has 0 saturated carbocycles. The van der Waals surface area contributed by atoms with E-state index in [0.29, 0.717) is 34.2 Å². The summed E-state index contributed by atoms with van der Waals surface area (Å²) in [5, 5.41) is 6.78. The second kappa shape index (κ2) is 12.7. The number of anilines is 3. The number of likely N-dealkylation sites (N-methyl/N-ethyl adjacent to an activating group) is 2. The Hall–Kier alpha value is -4.19. The molecule has 1 aliphatic heterocycles. The summed E-state index contributed by atoms with van der Waals surface area (Å²) < 4.78 is 7.06. The van der Waals surface area contributed by atoms with Gasteiger partial charge >= 0.3 is 6.09 Å². The zero-order valence-electron chi connectivity index (χ0n) is 25.6. The number of piperazine rings is 1. The second-order valence-corrected chi connectivity index (χ2v) is 13.1. The van der Waals surface area contributed by atoms with E-state index in [1.165, 1.54) is 26.3 Å². The van der Waals surface area contributed by atoms with Gasteiger partial charge in [-0.2, -0.15) is 0 Å². The van der Waals surface area contributed by atoms with Crippen molar-refractivity contribution in [2.45, 2.75) is 38.6 Å². The molecule has 12 heteroatoms. The van der Waals surface area contributed by atoms with E-state index < -0.39 is 6.09 Å². The number of aryl methyl sites for hydroxylation is 4. The van der Waals surface area contributed by atoms with Gasteiger partial charge in [0.1, 0.15) is 6.04 Å². The monoisotopic (exact) mass is 646 g/mol. The fraction of sp³-hybridized carbons (Fsp3) is 0.333. The summed E-state index contributed by atoms with van der Waals surface area (Å²) in [7, 11) is 5.40. The molecule has 2 aromatic carbocycles. The van der Waals surface area contributed by atoms with Crippen molar-refractivity contribution in [3.8, 4) is 16.3 Å². The molecule has 2 aliphatic rings. The Labute approximate surface area is 270 Å². The first-order valence-electron chi connectivity index (χ1n) is 14.9. The summed E-state index contributed by atoms with van der Waals surface area (Å²) in [6, 6.07) is 12.7. The molecule has 0 bridgehead atoms. The van der Waals surface area contributed by atoms with Crippen LogP contribution in [0, 0.1) is 6.92 Å². The minimum absolute atomic E-state index is 0.0510. The minimum atomic E-state index is -0.622. The maximum absolute atomic E-state index is 13.1. The molecule has 6 rings (SSSR count). The second-order valence-electron chi connectivity index (χ2n) is 11.6. The number of halogens is 1. The van der Waals surface area contributed by atoms with Crippen LogP contribution in [0.3, 0.4) is 0 Å². The molecule has 1 fully saturated rings. The highest BCUT2D eigenvalue weighted by atomic mass is 35.5. The summed E-state index contributed by atoms with van der Waals surface area (Å²) in [5.74, 6) is 0.163. The molecular weight excluding hydrogens is 612 g/mol. The summed E-state index contributed by atoms with van der Waals surface area (Å²) in [5.41, 5.74) is 4.61. The number of thiophene rings is 1. The Balaban J connectivity index is 1.22. The van der Waals surface area contributed by atoms with Crippen LogP contribution in [0.1, 0.15) is 40.5 Å². The van der Waals surface area contributed by atoms with Gasteiger partial charge < -0.3 is 19.5 Å². The van der Waals surface area contributed by atoms with Gasteiger partial charge in [-0.05, 0) is 74.5 Å². The minimum Gasteiger partial charge on any atom is -0.399 e. The number of nitrogens with one attached hydrogen (secondary N) is 2. The molecule has 1 aliphatic carbocycles. The summed E-state index contributed by atoms with van der Waals surface area (Å²) in [6.07, 6.45) is 5.31. The smallest absolute Gasteiger partial charge is 0.399 e. The standard InChI is InChI=1S/C33H35ClN6O4S/c1-19-9-14-23(27(34)28(19)37-33(43)44-26-17-21-7-5-6-8-25(21)45-26)24-18-40(4)32(42)30(36-24)35-22-12-10-20(11-13-22)29-31(41)39(3)16-15-38(29)2/h9-14,17-18,29H,5-8,15-16H2,1-4H3,(H,35,36)(H,37,43). The highest BCUT2D eigenvalue weighted by molar-refractivity contribution is 7.14. The molecule has 0 radical (unpaired) electrons. The molecule has 234 valence electrons. The van der Waals surface area contributed by atoms with Crippen molar-refractivity contribution in [1.82, 2.24) is 19.4 Å². The van der Waals surface area contributed by atoms with E-state index in [1.807, 2.05) is 68.4 Å². The molecule has 1 unspecified atom stereocenters. The first kappa shape index (κ1) is 30.8. The third-order valence-electron chi connectivity index (χ3n) is 8.42. The molecule has 0 spiro atoms. The number of nitrogens with zero attached hydrogens (tertiary/aromatic N) is 4. The lowest BCUT2D eigenvalue weighted by atomic mass is 10.00. The van der Waals surface area contributed by atoms with Crippen molar-refractivity contribution in [3.63, 3.8) is 0 Å². The van der Waals surface area contributed by atoms with Crippen LogP contribution in [0.25, 0.3) is 11.3 Å². The van der Waals surface area contributed by atoms with Gasteiger partial charge in [-0.1, -0.05) is 35.9 Å². The maximum Gasteiger partial charge on any atom is 0.417 e. The zero-order chi connectivity index (χ0) is 31.8. The van der Waals surface area contributed by atoms with Crippen LogP contribution in [-0.4, -0.2) is 58.5 Å². The molecule has 2 aromatic heterocycles. The predicted octanol–water partition coefficient (Wildman–Crippen LogP) is 6.15. The van der Waals surface area contributed by atoms with E-state index in [-0.39, 0.29) is 28.3 Å². The number of fused-ring (bicyclic) bond motifs is 1. The van der Waals surface area contributed by atoms with Gasteiger partial charge in [-0.15, -0.1) is 11.3 Å². The first-order valence-corrected chi connectivity index (χ1v) is 16.1. The molecule has 1 atom stereocenters. The lowest BCUT2D eigenvalue weighted by Crippen LogP contribution is -2.48. The number of aromatic nitrogens is 2. The first-order chi connectivity index (χ1) is 21.6. The van der Waals surface area contributed by atoms with E-state index in [4.69, 9.17) is 16.3 Å². The van der Waals surface area contributed by atoms with Crippen LogP contribution in [0.4, 0.5) is 22.0 Å². The Morgan fingerprint density at radius 1 is 1.04 bits per heavy atom. The van der Waals surface area contributed by atoms with Gasteiger partial charge in [-0.25, -0.2) is 9.78 Å². The van der Waals surface area contributed by atoms with Gasteiger partial charge in [0.15, 0.2) is 10.9 Å². The normalized spacial score (nSPS) is 16.8. The number of carbonyl (C=O) groups is 2. The van der Waals surface area contributed by atoms with Crippen molar-refractivity contribution < 1.29 is 14.3 Å². The van der Waals surface area contributed by atoms with Crippen molar-refractivity contribution in [3.05, 3.63) is 85.6 Å². The Morgan fingerprint density at radius 3 is 2.56 bits per heavy atom. The molecule has 45 heavy (non-hydrogen) atoms. The predicted molar refractivity (Wildman–Crippen MR) is 178 cm³/mol. The van der Waals surface area contributed by atoms with Gasteiger partial charge in [0, 0.05) is 49.5 Å². The largest absolute Gasteiger partial charge is 0.417 e. The topological polar surface area (TPSA) is 109 Å². The maximum atomic E-state index is 13.1. The van der Waals surface area contributed by atoms with Crippen molar-refractivity contribution in [2.75, 3.05) is 37.8 Å². The molecule has 2 N–H and O–H groups in total. The number of hydrogen-bond acceptors (Lipinski definition) is 8. The number of carbonyl (C=O) groups excluding carboxylic acids is 2. The van der Waals surface area contributed by atoms with E-state index in [9.17, 15) is 14.4 Å². The number of rotatable bonds is 6. The third kappa shape index (κ3) is 6.33. The quantitative estimate of drug-likeness (QED) is 0.259. The van der Waals surface area contributed by atoms with Gasteiger partial charge in [0.05, 0.1) is 16.4 Å². The lowest BCUT2D eigenvalue weighted by molar-refractivity contribution is -0.139. The molecule has 2 amide bonds. The van der Waals surface area contributed by atoms with Crippen molar-refractivity contribution in [2.24, 2.45) is 7.05 Å². The molecule has 4 aromatic rings. The van der Waals surface area contributed by atoms with Crippen LogP contribution < -0.4 is 20.9 Å². The number of ether oxygens (including phenoxy) is 1.